The van der Waals surface area contributed by atoms with Crippen LogP contribution < -0.4 is 29.6 Å². The van der Waals surface area contributed by atoms with Crippen LogP contribution in [0.1, 0.15) is 71.6 Å². The molecule has 0 aromatic carbocycles. The molecule has 0 aliphatic heterocycles. The summed E-state index contributed by atoms with van der Waals surface area (Å²) in [6.45, 7) is 4.57. The van der Waals surface area contributed by atoms with Crippen molar-refractivity contribution in [3.8, 4) is 0 Å². The van der Waals surface area contributed by atoms with Gasteiger partial charge in [0.1, 0.15) is 5.78 Å². The van der Waals surface area contributed by atoms with E-state index in [2.05, 4.69) is 13.8 Å². The van der Waals surface area contributed by atoms with E-state index in [0.29, 0.717) is 42.3 Å². The fourth-order valence-electron chi connectivity index (χ4n) is 7.24. The Morgan fingerprint density at radius 3 is 2.46 bits per heavy atom. The largest absolute Gasteiger partial charge is 1.00 e. The Hall–Kier alpha value is 0.540. The summed E-state index contributed by atoms with van der Waals surface area (Å²) in [6, 6.07) is 0. The van der Waals surface area contributed by atoms with Gasteiger partial charge >= 0.3 is 29.6 Å². The molecule has 0 amide bonds. The minimum absolute atomic E-state index is 0. The first-order valence-corrected chi connectivity index (χ1v) is 11.1. The zero-order valence-corrected chi connectivity index (χ0v) is 19.0. The van der Waals surface area contributed by atoms with Gasteiger partial charge in [0.15, 0.2) is 0 Å². The summed E-state index contributed by atoms with van der Waals surface area (Å²) in [5, 5.41) is 0. The molecular weight excluding hydrogens is 363 g/mol. The van der Waals surface area contributed by atoms with E-state index in [-0.39, 0.29) is 40.4 Å². The molecule has 0 unspecified atom stereocenters. The zero-order chi connectivity index (χ0) is 18.0. The van der Waals surface area contributed by atoms with Crippen LogP contribution in [0, 0.1) is 34.5 Å². The van der Waals surface area contributed by atoms with E-state index in [4.69, 9.17) is 4.18 Å². The summed E-state index contributed by atoms with van der Waals surface area (Å²) < 4.78 is 37.6. The summed E-state index contributed by atoms with van der Waals surface area (Å²) in [4.78, 5) is 12.4. The van der Waals surface area contributed by atoms with E-state index < -0.39 is 16.5 Å². The number of hydrogen-bond donors (Lipinski definition) is 0. The zero-order valence-electron chi connectivity index (χ0n) is 16.2. The number of Topliss-reactive ketones (excluding diaryl/α,β-unsaturated/α-hetero) is 1. The van der Waals surface area contributed by atoms with Gasteiger partial charge in [-0.3, -0.25) is 8.98 Å². The third-order valence-corrected chi connectivity index (χ3v) is 9.09. The Morgan fingerprint density at radius 2 is 1.77 bits per heavy atom. The average Bonchev–Trinajstić information content (AvgIpc) is 2.82. The van der Waals surface area contributed by atoms with E-state index in [1.165, 1.54) is 0 Å². The molecule has 142 valence electrons. The molecule has 0 aromatic heterocycles. The van der Waals surface area contributed by atoms with Gasteiger partial charge in [0.2, 0.25) is 10.4 Å². The summed E-state index contributed by atoms with van der Waals surface area (Å²) in [7, 11) is -4.62. The van der Waals surface area contributed by atoms with Gasteiger partial charge in [0.05, 0.1) is 6.10 Å². The third-order valence-electron chi connectivity index (χ3n) is 8.58. The van der Waals surface area contributed by atoms with Crippen molar-refractivity contribution in [1.29, 1.82) is 0 Å². The molecule has 26 heavy (non-hydrogen) atoms. The van der Waals surface area contributed by atoms with Crippen LogP contribution in [0.2, 0.25) is 0 Å². The summed E-state index contributed by atoms with van der Waals surface area (Å²) in [6.07, 6.45) is 7.94. The van der Waals surface area contributed by atoms with Crippen LogP contribution in [-0.4, -0.2) is 24.9 Å². The summed E-state index contributed by atoms with van der Waals surface area (Å²) in [5.41, 5.74) is 0.101. The third kappa shape index (κ3) is 3.37. The van der Waals surface area contributed by atoms with Gasteiger partial charge in [0, 0.05) is 11.8 Å². The minimum atomic E-state index is -4.62. The van der Waals surface area contributed by atoms with Crippen molar-refractivity contribution in [2.24, 2.45) is 34.5 Å². The Morgan fingerprint density at radius 1 is 1.04 bits per heavy atom. The molecule has 0 saturated heterocycles. The molecule has 0 aromatic rings. The second-order valence-electron chi connectivity index (χ2n) is 9.48. The second kappa shape index (κ2) is 7.10. The molecule has 7 heteroatoms. The molecule has 7 atom stereocenters. The van der Waals surface area contributed by atoms with Crippen molar-refractivity contribution in [2.75, 3.05) is 0 Å². The molecule has 4 aliphatic carbocycles. The fraction of sp³-hybridized carbons (Fsp3) is 0.947. The van der Waals surface area contributed by atoms with Crippen molar-refractivity contribution < 1.29 is 51.5 Å². The molecule has 5 nitrogen and oxygen atoms in total. The van der Waals surface area contributed by atoms with Crippen molar-refractivity contribution in [1.82, 2.24) is 0 Å². The minimum Gasteiger partial charge on any atom is -0.726 e. The Labute approximate surface area is 179 Å². The number of rotatable bonds is 2. The van der Waals surface area contributed by atoms with Crippen LogP contribution in [-0.2, 0) is 19.4 Å². The second-order valence-corrected chi connectivity index (χ2v) is 10.5. The van der Waals surface area contributed by atoms with Crippen LogP contribution in [0.3, 0.4) is 0 Å². The molecule has 4 rings (SSSR count). The maximum absolute atomic E-state index is 12.4. The van der Waals surface area contributed by atoms with Gasteiger partial charge in [-0.1, -0.05) is 13.8 Å². The molecule has 0 N–H and O–H groups in total. The van der Waals surface area contributed by atoms with Crippen molar-refractivity contribution in [3.05, 3.63) is 0 Å². The molecular formula is C19H29NaO5S. The predicted octanol–water partition coefficient (Wildman–Crippen LogP) is 0.448. The first kappa shape index (κ1) is 21.3. The van der Waals surface area contributed by atoms with Crippen molar-refractivity contribution >= 4 is 16.2 Å². The van der Waals surface area contributed by atoms with E-state index >= 15 is 0 Å². The normalized spacial score (nSPS) is 48.1. The number of fused-ring (bicyclic) bond motifs is 5. The standard InChI is InChI=1S/C19H30O5S.Na/c1-18-9-7-13(24-25(21,22)23)11-12(18)3-4-14-15-5-6-17(20)19(15,2)10-8-16(14)18;/h12-16H,3-11H2,1-2H3,(H,21,22,23);/q;+1/p-1/t12-,13+,14-,15-,16-,18-,19-;/m0./s1. The van der Waals surface area contributed by atoms with Crippen LogP contribution in [0.15, 0.2) is 0 Å². The fourth-order valence-corrected chi connectivity index (χ4v) is 7.75. The SMILES string of the molecule is C[C@]12CC[C@@H](OS(=O)(=O)[O-])C[C@@H]1CC[C@@H]1[C@@H]2CC[C@]2(C)C(=O)CC[C@@H]12.[Na+]. The molecule has 4 saturated carbocycles. The Balaban J connectivity index is 0.00000196. The number of hydrogen-bond acceptors (Lipinski definition) is 5. The molecule has 0 bridgehead atoms. The predicted molar refractivity (Wildman–Crippen MR) is 91.3 cm³/mol. The van der Waals surface area contributed by atoms with E-state index in [0.717, 1.165) is 44.9 Å². The van der Waals surface area contributed by atoms with Crippen LogP contribution in [0.5, 0.6) is 0 Å². The summed E-state index contributed by atoms with van der Waals surface area (Å²) in [5.74, 6) is 2.69. The first-order valence-electron chi connectivity index (χ1n) is 9.81. The van der Waals surface area contributed by atoms with E-state index in [1.54, 1.807) is 0 Å². The van der Waals surface area contributed by atoms with Gasteiger partial charge < -0.3 is 4.55 Å². The van der Waals surface area contributed by atoms with Crippen molar-refractivity contribution in [2.45, 2.75) is 77.7 Å². The van der Waals surface area contributed by atoms with E-state index in [1.807, 2.05) is 0 Å². The number of carbonyl (C=O) groups excluding carboxylic acids is 1. The smallest absolute Gasteiger partial charge is 0.726 e. The van der Waals surface area contributed by atoms with Crippen LogP contribution >= 0.6 is 0 Å². The molecule has 0 radical (unpaired) electrons. The average molecular weight is 392 g/mol. The molecule has 4 fully saturated rings. The van der Waals surface area contributed by atoms with Crippen LogP contribution in [0.4, 0.5) is 0 Å². The van der Waals surface area contributed by atoms with Gasteiger partial charge in [-0.2, -0.15) is 0 Å². The van der Waals surface area contributed by atoms with Gasteiger partial charge in [0.25, 0.3) is 0 Å². The number of carbonyl (C=O) groups is 1. The van der Waals surface area contributed by atoms with Gasteiger partial charge in [-0.15, -0.1) is 0 Å². The Bertz CT molecular complexity index is 679. The maximum Gasteiger partial charge on any atom is 1.00 e. The Kier molecular flexibility index (Phi) is 5.80. The molecule has 0 heterocycles. The first-order chi connectivity index (χ1) is 11.6. The van der Waals surface area contributed by atoms with E-state index in [9.17, 15) is 17.8 Å². The van der Waals surface area contributed by atoms with Gasteiger partial charge in [-0.25, -0.2) is 8.42 Å². The topological polar surface area (TPSA) is 83.5 Å². The van der Waals surface area contributed by atoms with Gasteiger partial charge in [-0.05, 0) is 80.5 Å². The summed E-state index contributed by atoms with van der Waals surface area (Å²) >= 11 is 0. The maximum atomic E-state index is 12.4. The monoisotopic (exact) mass is 392 g/mol. The number of ketones is 1. The quantitative estimate of drug-likeness (QED) is 0.387. The van der Waals surface area contributed by atoms with Crippen molar-refractivity contribution in [3.63, 3.8) is 0 Å². The molecule has 0 spiro atoms. The molecule has 4 aliphatic rings. The van der Waals surface area contributed by atoms with Crippen LogP contribution in [0.25, 0.3) is 0 Å².